The summed E-state index contributed by atoms with van der Waals surface area (Å²) in [4.78, 5) is 10.8. The molecule has 0 aromatic carbocycles. The van der Waals surface area contributed by atoms with Gasteiger partial charge >= 0.3 is 0 Å². The average molecular weight is 286 g/mol. The van der Waals surface area contributed by atoms with Gasteiger partial charge in [0.2, 0.25) is 5.95 Å². The molecule has 0 saturated carbocycles. The molecule has 0 amide bonds. The second kappa shape index (κ2) is 5.29. The SMILES string of the molecule is CCN1CC(C#C[Si](C)(C)C)=Cc2c(C)nc(N)nc21. The van der Waals surface area contributed by atoms with Crippen molar-refractivity contribution in [2.45, 2.75) is 33.5 Å². The van der Waals surface area contributed by atoms with Gasteiger partial charge in [-0.15, -0.1) is 5.54 Å². The van der Waals surface area contributed by atoms with Crippen LogP contribution in [0.2, 0.25) is 19.6 Å². The van der Waals surface area contributed by atoms with E-state index < -0.39 is 8.07 Å². The van der Waals surface area contributed by atoms with E-state index in [4.69, 9.17) is 5.73 Å². The van der Waals surface area contributed by atoms with E-state index in [0.29, 0.717) is 5.95 Å². The van der Waals surface area contributed by atoms with Crippen LogP contribution in [0.25, 0.3) is 6.08 Å². The molecule has 1 aliphatic heterocycles. The van der Waals surface area contributed by atoms with Crippen LogP contribution in [0.3, 0.4) is 0 Å². The summed E-state index contributed by atoms with van der Waals surface area (Å²) in [6.45, 7) is 12.5. The third-order valence-corrected chi connectivity index (χ3v) is 3.97. The smallest absolute Gasteiger partial charge is 0.222 e. The molecule has 0 spiro atoms. The van der Waals surface area contributed by atoms with Gasteiger partial charge in [-0.1, -0.05) is 25.6 Å². The molecule has 4 nitrogen and oxygen atoms in total. The Hall–Kier alpha value is -1.80. The van der Waals surface area contributed by atoms with Gasteiger partial charge < -0.3 is 10.6 Å². The first-order valence-electron chi connectivity index (χ1n) is 6.93. The summed E-state index contributed by atoms with van der Waals surface area (Å²) < 4.78 is 0. The van der Waals surface area contributed by atoms with Crippen LogP contribution < -0.4 is 10.6 Å². The van der Waals surface area contributed by atoms with Gasteiger partial charge in [-0.25, -0.2) is 4.98 Å². The lowest BCUT2D eigenvalue weighted by Gasteiger charge is -2.28. The predicted octanol–water partition coefficient (Wildman–Crippen LogP) is 2.47. The van der Waals surface area contributed by atoms with Crippen LogP contribution in [0.15, 0.2) is 5.57 Å². The van der Waals surface area contributed by atoms with Gasteiger partial charge in [0.05, 0.1) is 12.2 Å². The number of aryl methyl sites for hydroxylation is 1. The molecule has 2 rings (SSSR count). The second-order valence-electron chi connectivity index (χ2n) is 6.09. The lowest BCUT2D eigenvalue weighted by Crippen LogP contribution is -2.30. The zero-order valence-electron chi connectivity index (χ0n) is 12.9. The fourth-order valence-corrected chi connectivity index (χ4v) is 2.64. The lowest BCUT2D eigenvalue weighted by atomic mass is 10.1. The van der Waals surface area contributed by atoms with Crippen molar-refractivity contribution in [1.29, 1.82) is 0 Å². The van der Waals surface area contributed by atoms with Crippen molar-refractivity contribution in [1.82, 2.24) is 9.97 Å². The van der Waals surface area contributed by atoms with Crippen LogP contribution >= 0.6 is 0 Å². The Kier molecular flexibility index (Phi) is 3.86. The summed E-state index contributed by atoms with van der Waals surface area (Å²) >= 11 is 0. The normalized spacial score (nSPS) is 14.2. The van der Waals surface area contributed by atoms with Gasteiger partial charge in [-0.3, -0.25) is 0 Å². The molecule has 20 heavy (non-hydrogen) atoms. The zero-order chi connectivity index (χ0) is 14.9. The molecule has 2 N–H and O–H groups in total. The number of nitrogen functional groups attached to an aromatic ring is 1. The van der Waals surface area contributed by atoms with Gasteiger partial charge in [-0.2, -0.15) is 4.98 Å². The molecule has 0 unspecified atom stereocenters. The van der Waals surface area contributed by atoms with E-state index in [1.54, 1.807) is 0 Å². The maximum atomic E-state index is 5.76. The van der Waals surface area contributed by atoms with E-state index in [9.17, 15) is 0 Å². The van der Waals surface area contributed by atoms with Crippen molar-refractivity contribution >= 4 is 25.9 Å². The second-order valence-corrected chi connectivity index (χ2v) is 10.8. The molecule has 1 aromatic rings. The van der Waals surface area contributed by atoms with Crippen molar-refractivity contribution in [3.8, 4) is 11.5 Å². The molecule has 1 aliphatic rings. The van der Waals surface area contributed by atoms with Crippen molar-refractivity contribution in [2.75, 3.05) is 23.7 Å². The highest BCUT2D eigenvalue weighted by Gasteiger charge is 2.20. The van der Waals surface area contributed by atoms with E-state index in [2.05, 4.69) is 59.0 Å². The number of aromatic nitrogens is 2. The van der Waals surface area contributed by atoms with Gasteiger partial charge in [0.15, 0.2) is 0 Å². The Labute approximate surface area is 122 Å². The number of fused-ring (bicyclic) bond motifs is 1. The molecule has 0 fully saturated rings. The fourth-order valence-electron chi connectivity index (χ4n) is 2.10. The minimum absolute atomic E-state index is 0.338. The summed E-state index contributed by atoms with van der Waals surface area (Å²) in [5, 5.41) is 0. The van der Waals surface area contributed by atoms with Crippen molar-refractivity contribution in [2.24, 2.45) is 0 Å². The fraction of sp³-hybridized carbons (Fsp3) is 0.467. The number of anilines is 2. The predicted molar refractivity (Wildman–Crippen MR) is 88.2 cm³/mol. The molecule has 5 heteroatoms. The minimum atomic E-state index is -1.36. The Balaban J connectivity index is 2.49. The van der Waals surface area contributed by atoms with Crippen LogP contribution in [0.1, 0.15) is 18.2 Å². The van der Waals surface area contributed by atoms with Crippen LogP contribution in [0, 0.1) is 18.4 Å². The number of rotatable bonds is 1. The Morgan fingerprint density at radius 1 is 1.35 bits per heavy atom. The third kappa shape index (κ3) is 3.20. The molecule has 0 radical (unpaired) electrons. The average Bonchev–Trinajstić information content (AvgIpc) is 2.35. The Bertz CT molecular complexity index is 617. The first kappa shape index (κ1) is 14.6. The molecular formula is C15H22N4Si. The van der Waals surface area contributed by atoms with Gasteiger partial charge in [0, 0.05) is 17.7 Å². The Morgan fingerprint density at radius 3 is 2.65 bits per heavy atom. The van der Waals surface area contributed by atoms with E-state index in [1.165, 1.54) is 0 Å². The topological polar surface area (TPSA) is 55.0 Å². The van der Waals surface area contributed by atoms with Crippen LogP contribution in [-0.4, -0.2) is 31.1 Å². The monoisotopic (exact) mass is 286 g/mol. The summed E-state index contributed by atoms with van der Waals surface area (Å²) in [6, 6.07) is 0. The molecule has 0 bridgehead atoms. The number of nitrogens with zero attached hydrogens (tertiary/aromatic N) is 3. The van der Waals surface area contributed by atoms with Crippen molar-refractivity contribution in [3.05, 3.63) is 16.8 Å². The summed E-state index contributed by atoms with van der Waals surface area (Å²) in [5.41, 5.74) is 12.3. The molecule has 0 saturated heterocycles. The summed E-state index contributed by atoms with van der Waals surface area (Å²) in [5.74, 6) is 4.62. The van der Waals surface area contributed by atoms with E-state index in [0.717, 1.165) is 35.7 Å². The van der Waals surface area contributed by atoms with E-state index in [-0.39, 0.29) is 0 Å². The Morgan fingerprint density at radius 2 is 2.05 bits per heavy atom. The van der Waals surface area contributed by atoms with Crippen molar-refractivity contribution < 1.29 is 0 Å². The standard InChI is InChI=1S/C15H22N4Si/c1-6-19-10-12(7-8-20(3,4)5)9-13-11(2)17-15(16)18-14(13)19/h9H,6,10H2,1-5H3,(H2,16,17,18). The van der Waals surface area contributed by atoms with E-state index >= 15 is 0 Å². The maximum Gasteiger partial charge on any atom is 0.222 e. The third-order valence-electron chi connectivity index (χ3n) is 3.09. The zero-order valence-corrected chi connectivity index (χ0v) is 13.9. The summed E-state index contributed by atoms with van der Waals surface area (Å²) in [6.07, 6.45) is 2.11. The minimum Gasteiger partial charge on any atom is -0.368 e. The highest BCUT2D eigenvalue weighted by Crippen LogP contribution is 2.28. The molecule has 0 atom stereocenters. The first-order valence-corrected chi connectivity index (χ1v) is 10.4. The highest BCUT2D eigenvalue weighted by molar-refractivity contribution is 6.83. The molecule has 1 aromatic heterocycles. The number of hydrogen-bond acceptors (Lipinski definition) is 4. The first-order chi connectivity index (χ1) is 9.30. The molecular weight excluding hydrogens is 264 g/mol. The van der Waals surface area contributed by atoms with Crippen molar-refractivity contribution in [3.63, 3.8) is 0 Å². The molecule has 2 heterocycles. The highest BCUT2D eigenvalue weighted by atomic mass is 28.3. The maximum absolute atomic E-state index is 5.76. The summed E-state index contributed by atoms with van der Waals surface area (Å²) in [7, 11) is -1.36. The van der Waals surface area contributed by atoms with Gasteiger partial charge in [-0.05, 0) is 19.9 Å². The van der Waals surface area contributed by atoms with E-state index in [1.807, 2.05) is 6.92 Å². The molecule has 0 aliphatic carbocycles. The van der Waals surface area contributed by atoms with Crippen LogP contribution in [0.4, 0.5) is 11.8 Å². The van der Waals surface area contributed by atoms with Crippen LogP contribution in [-0.2, 0) is 0 Å². The quantitative estimate of drug-likeness (QED) is 0.636. The van der Waals surface area contributed by atoms with Gasteiger partial charge in [0.25, 0.3) is 0 Å². The largest absolute Gasteiger partial charge is 0.368 e. The molecule has 106 valence electrons. The number of likely N-dealkylation sites (N-methyl/N-ethyl adjacent to an activating group) is 1. The number of nitrogens with two attached hydrogens (primary N) is 1. The van der Waals surface area contributed by atoms with Crippen LogP contribution in [0.5, 0.6) is 0 Å². The number of hydrogen-bond donors (Lipinski definition) is 1. The van der Waals surface area contributed by atoms with Gasteiger partial charge in [0.1, 0.15) is 13.9 Å². The lowest BCUT2D eigenvalue weighted by molar-refractivity contribution is 0.853.